The van der Waals surface area contributed by atoms with Gasteiger partial charge in [0.05, 0.1) is 0 Å². The Morgan fingerprint density at radius 3 is 1.98 bits per heavy atom. The molecule has 5 rings (SSSR count). The smallest absolute Gasteiger partial charge is 0.399 e. The van der Waals surface area contributed by atoms with Crippen LogP contribution in [0.1, 0.15) is 90.7 Å². The average molecular weight is 615 g/mol. The molecule has 1 saturated carbocycles. The second-order valence-electron chi connectivity index (χ2n) is 11.6. The van der Waals surface area contributed by atoms with E-state index in [9.17, 15) is 30.7 Å². The number of rotatable bonds is 7. The summed E-state index contributed by atoms with van der Waals surface area (Å²) in [7, 11) is 0. The molecule has 2 aliphatic rings. The van der Waals surface area contributed by atoms with Gasteiger partial charge in [0.1, 0.15) is 11.6 Å². The minimum atomic E-state index is -5.24. The lowest BCUT2D eigenvalue weighted by atomic mass is 9.74. The SMILES string of the molecule is CCc1ccc(CCC2CCc3c(cc(F)c(C4CCC(c5cc(F)c(OC(F)(F)F)c(F)c5)CC4)c3F)C2)c(F)c1F. The van der Waals surface area contributed by atoms with Crippen molar-refractivity contribution < 1.29 is 44.3 Å². The normalized spacial score (nSPS) is 20.7. The number of halogens is 9. The predicted molar refractivity (Wildman–Crippen MR) is 143 cm³/mol. The Balaban J connectivity index is 1.24. The van der Waals surface area contributed by atoms with E-state index in [1.165, 1.54) is 6.07 Å². The van der Waals surface area contributed by atoms with Crippen molar-refractivity contribution in [1.29, 1.82) is 0 Å². The van der Waals surface area contributed by atoms with E-state index in [0.717, 1.165) is 12.1 Å². The molecule has 0 spiro atoms. The van der Waals surface area contributed by atoms with E-state index < -0.39 is 52.9 Å². The van der Waals surface area contributed by atoms with E-state index in [1.807, 2.05) is 0 Å². The molecule has 232 valence electrons. The minimum Gasteiger partial charge on any atom is -0.399 e. The largest absolute Gasteiger partial charge is 0.573 e. The standard InChI is InChI=1S/C33H31F9O/c1-2-18-6-11-21(30(38)29(18)37)5-3-17-4-12-24-23(13-17)16-25(34)28(31(24)39)20-9-7-19(8-10-20)22-14-26(35)32(27(36)15-22)43-33(40,41)42/h6,11,14-17,19-20H,2-5,7-10,12-13H2,1H3. The number of aryl methyl sites for hydroxylation is 2. The molecule has 0 saturated heterocycles. The second kappa shape index (κ2) is 12.4. The first-order valence-electron chi connectivity index (χ1n) is 14.6. The van der Waals surface area contributed by atoms with Crippen molar-refractivity contribution in [2.45, 2.75) is 89.3 Å². The van der Waals surface area contributed by atoms with Crippen LogP contribution < -0.4 is 4.74 Å². The summed E-state index contributed by atoms with van der Waals surface area (Å²) in [5.41, 5.74) is 1.81. The summed E-state index contributed by atoms with van der Waals surface area (Å²) < 4.78 is 129. The Labute approximate surface area is 244 Å². The third-order valence-electron chi connectivity index (χ3n) is 9.05. The van der Waals surface area contributed by atoms with Crippen LogP contribution in [0.3, 0.4) is 0 Å². The molecular weight excluding hydrogens is 583 g/mol. The molecule has 43 heavy (non-hydrogen) atoms. The van der Waals surface area contributed by atoms with Crippen molar-refractivity contribution in [3.63, 3.8) is 0 Å². The summed E-state index contributed by atoms with van der Waals surface area (Å²) >= 11 is 0. The average Bonchev–Trinajstić information content (AvgIpc) is 2.95. The Morgan fingerprint density at radius 2 is 1.35 bits per heavy atom. The highest BCUT2D eigenvalue weighted by molar-refractivity contribution is 5.40. The third-order valence-corrected chi connectivity index (χ3v) is 9.05. The summed E-state index contributed by atoms with van der Waals surface area (Å²) in [6, 6.07) is 6.18. The maximum Gasteiger partial charge on any atom is 0.573 e. The lowest BCUT2D eigenvalue weighted by Crippen LogP contribution is -2.21. The number of fused-ring (bicyclic) bond motifs is 1. The molecule has 2 aliphatic carbocycles. The Kier molecular flexibility index (Phi) is 9.05. The van der Waals surface area contributed by atoms with Gasteiger partial charge in [-0.05, 0) is 128 Å². The maximum atomic E-state index is 15.7. The van der Waals surface area contributed by atoms with Crippen molar-refractivity contribution >= 4 is 0 Å². The van der Waals surface area contributed by atoms with Crippen molar-refractivity contribution in [3.8, 4) is 5.75 Å². The predicted octanol–water partition coefficient (Wildman–Crippen LogP) is 10.2. The maximum absolute atomic E-state index is 15.7. The van der Waals surface area contributed by atoms with Crippen LogP contribution in [0.25, 0.3) is 0 Å². The first-order chi connectivity index (χ1) is 20.4. The van der Waals surface area contributed by atoms with Crippen LogP contribution in [0.4, 0.5) is 39.5 Å². The highest BCUT2D eigenvalue weighted by Crippen LogP contribution is 2.45. The molecule has 0 radical (unpaired) electrons. The molecule has 0 aliphatic heterocycles. The zero-order valence-electron chi connectivity index (χ0n) is 23.5. The van der Waals surface area contributed by atoms with Crippen molar-refractivity contribution in [2.24, 2.45) is 5.92 Å². The summed E-state index contributed by atoms with van der Waals surface area (Å²) in [5.74, 6) is -8.13. The number of ether oxygens (including phenoxy) is 1. The van der Waals surface area contributed by atoms with E-state index in [0.29, 0.717) is 86.5 Å². The molecule has 3 aromatic rings. The molecule has 0 aromatic heterocycles. The van der Waals surface area contributed by atoms with Gasteiger partial charge in [0.15, 0.2) is 23.3 Å². The number of benzene rings is 3. The number of hydrogen-bond acceptors (Lipinski definition) is 1. The molecule has 1 nitrogen and oxygen atoms in total. The summed E-state index contributed by atoms with van der Waals surface area (Å²) in [4.78, 5) is 0. The molecular formula is C33H31F9O. The first-order valence-corrected chi connectivity index (χ1v) is 14.6. The molecule has 1 atom stereocenters. The van der Waals surface area contributed by atoms with Gasteiger partial charge < -0.3 is 4.74 Å². The third kappa shape index (κ3) is 6.68. The van der Waals surface area contributed by atoms with Gasteiger partial charge >= 0.3 is 6.36 Å². The second-order valence-corrected chi connectivity index (χ2v) is 11.6. The summed E-state index contributed by atoms with van der Waals surface area (Å²) in [6.45, 7) is 1.75. The van der Waals surface area contributed by atoms with Crippen LogP contribution in [0.15, 0.2) is 30.3 Å². The van der Waals surface area contributed by atoms with Gasteiger partial charge in [0, 0.05) is 5.56 Å². The fourth-order valence-electron chi connectivity index (χ4n) is 6.76. The van der Waals surface area contributed by atoms with E-state index >= 15 is 8.78 Å². The van der Waals surface area contributed by atoms with Gasteiger partial charge in [-0.3, -0.25) is 0 Å². The van der Waals surface area contributed by atoms with E-state index in [2.05, 4.69) is 4.74 Å². The van der Waals surface area contributed by atoms with Gasteiger partial charge in [0.2, 0.25) is 5.75 Å². The van der Waals surface area contributed by atoms with Crippen LogP contribution in [0.2, 0.25) is 0 Å². The quantitative estimate of drug-likeness (QED) is 0.241. The fraction of sp³-hybridized carbons (Fsp3) is 0.455. The Morgan fingerprint density at radius 1 is 0.744 bits per heavy atom. The molecule has 0 N–H and O–H groups in total. The van der Waals surface area contributed by atoms with Gasteiger partial charge in [0.25, 0.3) is 0 Å². The molecule has 0 amide bonds. The molecule has 10 heteroatoms. The van der Waals surface area contributed by atoms with Crippen LogP contribution in [-0.4, -0.2) is 6.36 Å². The summed E-state index contributed by atoms with van der Waals surface area (Å²) in [5, 5.41) is 0. The minimum absolute atomic E-state index is 0.00417. The van der Waals surface area contributed by atoms with Gasteiger partial charge in [-0.2, -0.15) is 0 Å². The highest BCUT2D eigenvalue weighted by atomic mass is 19.4. The van der Waals surface area contributed by atoms with Gasteiger partial charge in [-0.15, -0.1) is 13.2 Å². The Bertz CT molecular complexity index is 1470. The zero-order chi connectivity index (χ0) is 31.1. The number of hydrogen-bond donors (Lipinski definition) is 0. The first kappa shape index (κ1) is 31.3. The molecule has 1 unspecified atom stereocenters. The topological polar surface area (TPSA) is 9.23 Å². The van der Waals surface area contributed by atoms with Crippen molar-refractivity contribution in [3.05, 3.63) is 98.6 Å². The van der Waals surface area contributed by atoms with Crippen molar-refractivity contribution in [2.75, 3.05) is 0 Å². The van der Waals surface area contributed by atoms with Crippen LogP contribution in [0, 0.1) is 40.8 Å². The Hall–Kier alpha value is -3.17. The van der Waals surface area contributed by atoms with Gasteiger partial charge in [-0.1, -0.05) is 19.1 Å². The van der Waals surface area contributed by atoms with E-state index in [4.69, 9.17) is 0 Å². The van der Waals surface area contributed by atoms with Crippen LogP contribution in [-0.2, 0) is 25.7 Å². The van der Waals surface area contributed by atoms with E-state index in [-0.39, 0.29) is 23.0 Å². The molecule has 1 fully saturated rings. The number of alkyl halides is 3. The lowest BCUT2D eigenvalue weighted by Gasteiger charge is -2.32. The van der Waals surface area contributed by atoms with Crippen LogP contribution >= 0.6 is 0 Å². The summed E-state index contributed by atoms with van der Waals surface area (Å²) in [6.07, 6.45) is -1.16. The monoisotopic (exact) mass is 614 g/mol. The molecule has 0 bridgehead atoms. The van der Waals surface area contributed by atoms with Gasteiger partial charge in [-0.25, -0.2) is 26.3 Å². The lowest BCUT2D eigenvalue weighted by molar-refractivity contribution is -0.276. The molecule has 0 heterocycles. The van der Waals surface area contributed by atoms with E-state index in [1.54, 1.807) is 19.1 Å². The highest BCUT2D eigenvalue weighted by Gasteiger charge is 2.36. The van der Waals surface area contributed by atoms with Crippen molar-refractivity contribution in [1.82, 2.24) is 0 Å². The zero-order valence-corrected chi connectivity index (χ0v) is 23.5. The molecule has 3 aromatic carbocycles. The van der Waals surface area contributed by atoms with Crippen LogP contribution in [0.5, 0.6) is 5.75 Å². The fourth-order valence-corrected chi connectivity index (χ4v) is 6.76.